The van der Waals surface area contributed by atoms with E-state index in [1.54, 1.807) is 22.3 Å². The van der Waals surface area contributed by atoms with Gasteiger partial charge in [0.25, 0.3) is 5.91 Å². The van der Waals surface area contributed by atoms with Gasteiger partial charge >= 0.3 is 0 Å². The Balaban J connectivity index is 2.04. The third-order valence-corrected chi connectivity index (χ3v) is 4.35. The fourth-order valence-corrected chi connectivity index (χ4v) is 3.04. The molecule has 1 amide bonds. The zero-order chi connectivity index (χ0) is 15.2. The molecule has 5 heteroatoms. The van der Waals surface area contributed by atoms with Crippen LogP contribution in [0.4, 0.5) is 0 Å². The van der Waals surface area contributed by atoms with Crippen LogP contribution in [-0.4, -0.2) is 29.4 Å². The topological polar surface area (TPSA) is 33.2 Å². The molecule has 2 heterocycles. The summed E-state index contributed by atoms with van der Waals surface area (Å²) in [5.41, 5.74) is 1.49. The van der Waals surface area contributed by atoms with Crippen LogP contribution in [0.5, 0.6) is 0 Å². The van der Waals surface area contributed by atoms with Crippen LogP contribution in [0.15, 0.2) is 29.6 Å². The van der Waals surface area contributed by atoms with E-state index >= 15 is 0 Å². The molecule has 0 saturated heterocycles. The Kier molecular flexibility index (Phi) is 5.76. The lowest BCUT2D eigenvalue weighted by molar-refractivity contribution is 0.0796. The van der Waals surface area contributed by atoms with Gasteiger partial charge in [-0.25, -0.2) is 4.98 Å². The second-order valence-corrected chi connectivity index (χ2v) is 6.40. The number of amides is 1. The predicted octanol–water partition coefficient (Wildman–Crippen LogP) is 4.06. The van der Waals surface area contributed by atoms with Crippen LogP contribution in [0.2, 0.25) is 5.15 Å². The predicted molar refractivity (Wildman–Crippen MR) is 88.2 cm³/mol. The van der Waals surface area contributed by atoms with Crippen molar-refractivity contribution >= 4 is 28.8 Å². The minimum absolute atomic E-state index is 0.00629. The van der Waals surface area contributed by atoms with E-state index in [0.717, 1.165) is 25.0 Å². The summed E-state index contributed by atoms with van der Waals surface area (Å²) in [7, 11) is 1.82. The van der Waals surface area contributed by atoms with Gasteiger partial charge in [0, 0.05) is 29.7 Å². The van der Waals surface area contributed by atoms with Gasteiger partial charge in [-0.1, -0.05) is 31.0 Å². The molecule has 0 spiro atoms. The fraction of sp³-hybridized carbons (Fsp3) is 0.375. The summed E-state index contributed by atoms with van der Waals surface area (Å²) in [5, 5.41) is 2.44. The number of carbonyl (C=O) groups excluding carboxylic acids is 1. The number of aromatic nitrogens is 1. The summed E-state index contributed by atoms with van der Waals surface area (Å²) in [6.07, 6.45) is 2.69. The molecule has 0 atom stereocenters. The van der Waals surface area contributed by atoms with E-state index in [9.17, 15) is 4.79 Å². The number of carbonyl (C=O) groups is 1. The zero-order valence-electron chi connectivity index (χ0n) is 12.3. The van der Waals surface area contributed by atoms with Gasteiger partial charge < -0.3 is 4.90 Å². The third kappa shape index (κ3) is 4.55. The molecule has 2 rings (SSSR count). The van der Waals surface area contributed by atoms with Crippen molar-refractivity contribution in [2.75, 3.05) is 13.6 Å². The van der Waals surface area contributed by atoms with Crippen LogP contribution in [-0.2, 0) is 12.8 Å². The highest BCUT2D eigenvalue weighted by Gasteiger charge is 2.14. The molecule has 2 aromatic heterocycles. The summed E-state index contributed by atoms with van der Waals surface area (Å²) in [6.45, 7) is 2.78. The van der Waals surface area contributed by atoms with Crippen LogP contribution in [0.3, 0.4) is 0 Å². The zero-order valence-corrected chi connectivity index (χ0v) is 13.9. The first-order valence-corrected chi connectivity index (χ1v) is 8.30. The molecule has 0 radical (unpaired) electrons. The summed E-state index contributed by atoms with van der Waals surface area (Å²) >= 11 is 7.73. The average molecular weight is 323 g/mol. The Morgan fingerprint density at radius 1 is 1.38 bits per heavy atom. The average Bonchev–Trinajstić information content (AvgIpc) is 2.97. The maximum atomic E-state index is 12.5. The second kappa shape index (κ2) is 7.57. The number of hydrogen-bond donors (Lipinski definition) is 0. The first kappa shape index (κ1) is 16.0. The molecule has 21 heavy (non-hydrogen) atoms. The van der Waals surface area contributed by atoms with Crippen molar-refractivity contribution in [1.29, 1.82) is 0 Å². The molecule has 112 valence electrons. The van der Waals surface area contributed by atoms with Crippen molar-refractivity contribution in [3.8, 4) is 0 Å². The number of halogens is 1. The van der Waals surface area contributed by atoms with E-state index in [4.69, 9.17) is 11.6 Å². The standard InChI is InChI=1S/C16H19ClN2OS/c1-3-5-13-10-12(11-15(17)18-13)16(20)19(2)8-7-14-6-4-9-21-14/h4,6,9-11H,3,5,7-8H2,1-2H3. The smallest absolute Gasteiger partial charge is 0.253 e. The largest absolute Gasteiger partial charge is 0.341 e. The van der Waals surface area contributed by atoms with E-state index in [-0.39, 0.29) is 5.91 Å². The number of aryl methyl sites for hydroxylation is 1. The van der Waals surface area contributed by atoms with Gasteiger partial charge in [-0.2, -0.15) is 0 Å². The number of nitrogens with zero attached hydrogens (tertiary/aromatic N) is 2. The molecule has 0 bridgehead atoms. The number of thiophene rings is 1. The van der Waals surface area contributed by atoms with Crippen LogP contribution in [0.25, 0.3) is 0 Å². The van der Waals surface area contributed by atoms with Crippen LogP contribution < -0.4 is 0 Å². The Morgan fingerprint density at radius 3 is 2.86 bits per heavy atom. The number of likely N-dealkylation sites (N-methyl/N-ethyl adjacent to an activating group) is 1. The van der Waals surface area contributed by atoms with Gasteiger partial charge in [0.15, 0.2) is 0 Å². The highest BCUT2D eigenvalue weighted by atomic mass is 35.5. The first-order valence-electron chi connectivity index (χ1n) is 7.04. The quantitative estimate of drug-likeness (QED) is 0.751. The third-order valence-electron chi connectivity index (χ3n) is 3.22. The first-order chi connectivity index (χ1) is 10.1. The van der Waals surface area contributed by atoms with Crippen LogP contribution >= 0.6 is 22.9 Å². The molecular weight excluding hydrogens is 304 g/mol. The van der Waals surface area contributed by atoms with Crippen molar-refractivity contribution in [2.24, 2.45) is 0 Å². The Bertz CT molecular complexity index is 598. The molecule has 0 unspecified atom stereocenters. The van der Waals surface area contributed by atoms with Crippen molar-refractivity contribution in [2.45, 2.75) is 26.2 Å². The maximum absolute atomic E-state index is 12.5. The lowest BCUT2D eigenvalue weighted by Gasteiger charge is -2.17. The summed E-state index contributed by atoms with van der Waals surface area (Å²) < 4.78 is 0. The summed E-state index contributed by atoms with van der Waals surface area (Å²) in [5.74, 6) is -0.00629. The molecule has 0 saturated carbocycles. The minimum Gasteiger partial charge on any atom is -0.341 e. The molecule has 0 aliphatic heterocycles. The van der Waals surface area contributed by atoms with Gasteiger partial charge in [0.1, 0.15) is 5.15 Å². The fourth-order valence-electron chi connectivity index (χ4n) is 2.11. The molecule has 0 aliphatic rings. The molecule has 3 nitrogen and oxygen atoms in total. The van der Waals surface area contributed by atoms with Gasteiger partial charge in [0.05, 0.1) is 0 Å². The molecular formula is C16H19ClN2OS. The molecule has 0 aromatic carbocycles. The lowest BCUT2D eigenvalue weighted by atomic mass is 10.1. The van der Waals surface area contributed by atoms with Crippen molar-refractivity contribution < 1.29 is 4.79 Å². The van der Waals surface area contributed by atoms with Crippen molar-refractivity contribution in [3.63, 3.8) is 0 Å². The number of hydrogen-bond acceptors (Lipinski definition) is 3. The molecule has 0 N–H and O–H groups in total. The number of pyridine rings is 1. The van der Waals surface area contributed by atoms with Gasteiger partial charge in [-0.3, -0.25) is 4.79 Å². The lowest BCUT2D eigenvalue weighted by Crippen LogP contribution is -2.28. The summed E-state index contributed by atoms with van der Waals surface area (Å²) in [4.78, 5) is 19.7. The van der Waals surface area contributed by atoms with E-state index in [1.165, 1.54) is 4.88 Å². The van der Waals surface area contributed by atoms with E-state index in [1.807, 2.05) is 19.2 Å². The van der Waals surface area contributed by atoms with Crippen molar-refractivity contribution in [1.82, 2.24) is 9.88 Å². The Hall–Kier alpha value is -1.39. The van der Waals surface area contributed by atoms with Crippen molar-refractivity contribution in [3.05, 3.63) is 50.9 Å². The van der Waals surface area contributed by atoms with Gasteiger partial charge in [-0.05, 0) is 36.4 Å². The van der Waals surface area contributed by atoms with E-state index in [0.29, 0.717) is 17.3 Å². The highest BCUT2D eigenvalue weighted by Crippen LogP contribution is 2.15. The molecule has 2 aromatic rings. The highest BCUT2D eigenvalue weighted by molar-refractivity contribution is 7.09. The Labute approximate surface area is 134 Å². The molecule has 0 aliphatic carbocycles. The van der Waals surface area contributed by atoms with Crippen LogP contribution in [0, 0.1) is 0 Å². The van der Waals surface area contributed by atoms with Crippen LogP contribution in [0.1, 0.15) is 34.3 Å². The normalized spacial score (nSPS) is 10.6. The minimum atomic E-state index is -0.00629. The van der Waals surface area contributed by atoms with Gasteiger partial charge in [0.2, 0.25) is 0 Å². The SMILES string of the molecule is CCCc1cc(C(=O)N(C)CCc2cccs2)cc(Cl)n1. The summed E-state index contributed by atoms with van der Waals surface area (Å²) in [6, 6.07) is 7.61. The van der Waals surface area contributed by atoms with E-state index in [2.05, 4.69) is 23.4 Å². The molecule has 0 fully saturated rings. The number of rotatable bonds is 6. The second-order valence-electron chi connectivity index (χ2n) is 4.98. The van der Waals surface area contributed by atoms with Gasteiger partial charge in [-0.15, -0.1) is 11.3 Å². The van der Waals surface area contributed by atoms with E-state index < -0.39 is 0 Å². The maximum Gasteiger partial charge on any atom is 0.253 e. The monoisotopic (exact) mass is 322 g/mol. The Morgan fingerprint density at radius 2 is 2.19 bits per heavy atom.